The van der Waals surface area contributed by atoms with Gasteiger partial charge in [0.1, 0.15) is 0 Å². The average Bonchev–Trinajstić information content (AvgIpc) is 2.45. The van der Waals surface area contributed by atoms with Gasteiger partial charge in [0.25, 0.3) is 0 Å². The number of hydrogen-bond acceptors (Lipinski definition) is 1. The summed E-state index contributed by atoms with van der Waals surface area (Å²) in [5.74, 6) is 0. The maximum absolute atomic E-state index is 4.13. The topological polar surface area (TPSA) is 3.24 Å². The average molecular weight is 203 g/mol. The van der Waals surface area contributed by atoms with Gasteiger partial charge in [-0.3, -0.25) is 0 Å². The second kappa shape index (κ2) is 4.09. The van der Waals surface area contributed by atoms with Gasteiger partial charge in [0.15, 0.2) is 0 Å². The van der Waals surface area contributed by atoms with Crippen LogP contribution in [0.25, 0.3) is 0 Å². The molecule has 0 bridgehead atoms. The lowest BCUT2D eigenvalue weighted by Gasteiger charge is -2.22. The normalized spacial score (nSPS) is 16.9. The van der Waals surface area contributed by atoms with Crippen LogP contribution in [0.2, 0.25) is 0 Å². The molecular weight excluding hydrogens is 182 g/mol. The minimum absolute atomic E-state index is 0.0886. The van der Waals surface area contributed by atoms with Gasteiger partial charge in [-0.25, -0.2) is 0 Å². The second-order valence-electron chi connectivity index (χ2n) is 4.15. The molecule has 0 amide bonds. The van der Waals surface area contributed by atoms with E-state index in [2.05, 4.69) is 56.6 Å². The number of allylic oxidation sites excluding steroid dienone is 1. The van der Waals surface area contributed by atoms with E-state index in [1.165, 1.54) is 16.9 Å². The fourth-order valence-electron chi connectivity index (χ4n) is 2.01. The molecule has 1 heteroatoms. The third-order valence-corrected chi connectivity index (χ3v) is 3.07. The van der Waals surface area contributed by atoms with Gasteiger partial charge in [0, 0.05) is 23.8 Å². The molecule has 0 radical (unpaired) electrons. The molecule has 1 aliphatic rings. The molecule has 1 nitrogen and oxygen atoms in total. The van der Waals surface area contributed by atoms with E-state index >= 15 is 0 Å². The minimum Gasteiger partial charge on any atom is -0.348 e. The maximum atomic E-state index is 4.13. The minimum atomic E-state index is 0.0886. The molecule has 0 aliphatic carbocycles. The predicted molar refractivity (Wildman–Crippen MR) is 68.4 cm³/mol. The van der Waals surface area contributed by atoms with Crippen molar-refractivity contribution in [1.82, 2.24) is 0 Å². The molecule has 15 heavy (non-hydrogen) atoms. The molecule has 0 saturated carbocycles. The van der Waals surface area contributed by atoms with Gasteiger partial charge in [-0.1, -0.05) is 52.5 Å². The van der Waals surface area contributed by atoms with Gasteiger partial charge in [0.05, 0.1) is 0 Å². The molecule has 2 rings (SSSR count). The summed E-state index contributed by atoms with van der Waals surface area (Å²) in [6.07, 6.45) is 0. The third-order valence-electron chi connectivity index (χ3n) is 3.07. The Morgan fingerprint density at radius 3 is 2.20 bits per heavy atom. The van der Waals surface area contributed by atoms with Crippen LogP contribution >= 0.6 is 0 Å². The molecule has 0 unspecified atom stereocenters. The zero-order valence-electron chi connectivity index (χ0n) is 10.5. The number of anilines is 1. The third kappa shape index (κ3) is 1.67. The first-order chi connectivity index (χ1) is 7.05. The number of fused-ring (bicyclic) bond motifs is 1. The Morgan fingerprint density at radius 1 is 1.13 bits per heavy atom. The molecule has 0 N–H and O–H groups in total. The molecule has 0 saturated heterocycles. The van der Waals surface area contributed by atoms with Crippen molar-refractivity contribution in [3.63, 3.8) is 0 Å². The summed E-state index contributed by atoms with van der Waals surface area (Å²) in [5.41, 5.74) is 3.93. The number of hydrogen-bond donors (Lipinski definition) is 0. The van der Waals surface area contributed by atoms with Crippen LogP contribution < -0.4 is 4.90 Å². The molecule has 1 aliphatic heterocycles. The van der Waals surface area contributed by atoms with Gasteiger partial charge in [-0.15, -0.1) is 0 Å². The van der Waals surface area contributed by atoms with Crippen molar-refractivity contribution in [3.8, 4) is 0 Å². The number of nitrogens with zero attached hydrogens (tertiary/aromatic N) is 1. The summed E-state index contributed by atoms with van der Waals surface area (Å²) in [6.45, 7) is 12.6. The summed E-state index contributed by atoms with van der Waals surface area (Å²) in [5, 5.41) is 0. The van der Waals surface area contributed by atoms with E-state index < -0.39 is 0 Å². The fraction of sp³-hybridized carbons (Fsp3) is 0.429. The highest BCUT2D eigenvalue weighted by atomic mass is 15.1. The first-order valence-electron chi connectivity index (χ1n) is 5.58. The zero-order chi connectivity index (χ0) is 11.6. The van der Waals surface area contributed by atoms with E-state index in [1.807, 2.05) is 13.8 Å². The van der Waals surface area contributed by atoms with Crippen LogP contribution in [0.1, 0.15) is 33.3 Å². The zero-order valence-corrected chi connectivity index (χ0v) is 10.5. The summed E-state index contributed by atoms with van der Waals surface area (Å²) >= 11 is 0. The number of para-hydroxylation sites is 1. The Hall–Kier alpha value is -1.24. The Kier molecular flexibility index (Phi) is 3.23. The number of rotatable bonds is 0. The highest BCUT2D eigenvalue weighted by molar-refractivity contribution is 5.69. The van der Waals surface area contributed by atoms with E-state index in [1.54, 1.807) is 0 Å². The molecule has 0 atom stereocenters. The Labute approximate surface area is 93.4 Å². The molecule has 1 aromatic rings. The first-order valence-corrected chi connectivity index (χ1v) is 5.58. The van der Waals surface area contributed by atoms with Crippen molar-refractivity contribution in [3.05, 3.63) is 42.1 Å². The van der Waals surface area contributed by atoms with Crippen LogP contribution in [0.15, 0.2) is 36.5 Å². The highest BCUT2D eigenvalue weighted by Crippen LogP contribution is 2.45. The first kappa shape index (κ1) is 11.8. The van der Waals surface area contributed by atoms with Crippen LogP contribution in [0.5, 0.6) is 0 Å². The van der Waals surface area contributed by atoms with E-state index in [-0.39, 0.29) is 5.41 Å². The fourth-order valence-corrected chi connectivity index (χ4v) is 2.01. The number of benzene rings is 1. The van der Waals surface area contributed by atoms with Gasteiger partial charge in [-0.2, -0.15) is 0 Å². The van der Waals surface area contributed by atoms with Gasteiger partial charge in [-0.05, 0) is 11.6 Å². The van der Waals surface area contributed by atoms with Crippen LogP contribution in [0, 0.1) is 0 Å². The quantitative estimate of drug-likeness (QED) is 0.617. The number of likely N-dealkylation sites (N-methyl/N-ethyl adjacent to an activating group) is 1. The maximum Gasteiger partial charge on any atom is 0.0447 e. The lowest BCUT2D eigenvalue weighted by Crippen LogP contribution is -2.21. The lowest BCUT2D eigenvalue weighted by molar-refractivity contribution is 0.643. The van der Waals surface area contributed by atoms with Crippen molar-refractivity contribution < 1.29 is 0 Å². The SMILES string of the molecule is C=C1N(C)c2ccccc2C1(C)C.CC. The monoisotopic (exact) mass is 203 g/mol. The molecule has 0 spiro atoms. The smallest absolute Gasteiger partial charge is 0.0447 e. The van der Waals surface area contributed by atoms with Gasteiger partial charge in [0.2, 0.25) is 0 Å². The second-order valence-corrected chi connectivity index (χ2v) is 4.15. The van der Waals surface area contributed by atoms with Crippen molar-refractivity contribution >= 4 is 5.69 Å². The largest absolute Gasteiger partial charge is 0.348 e. The Bertz CT molecular complexity index is 363. The summed E-state index contributed by atoms with van der Waals surface area (Å²) in [4.78, 5) is 2.18. The van der Waals surface area contributed by atoms with Crippen LogP contribution in [-0.2, 0) is 5.41 Å². The molecule has 1 aromatic carbocycles. The highest BCUT2D eigenvalue weighted by Gasteiger charge is 2.36. The molecule has 82 valence electrons. The Balaban J connectivity index is 0.000000531. The van der Waals surface area contributed by atoms with E-state index in [0.29, 0.717) is 0 Å². The van der Waals surface area contributed by atoms with Gasteiger partial charge >= 0.3 is 0 Å². The summed E-state index contributed by atoms with van der Waals surface area (Å²) < 4.78 is 0. The van der Waals surface area contributed by atoms with Crippen molar-refractivity contribution in [2.24, 2.45) is 0 Å². The lowest BCUT2D eigenvalue weighted by atomic mass is 9.85. The van der Waals surface area contributed by atoms with E-state index in [9.17, 15) is 0 Å². The van der Waals surface area contributed by atoms with E-state index in [4.69, 9.17) is 0 Å². The van der Waals surface area contributed by atoms with Crippen LogP contribution in [0.4, 0.5) is 5.69 Å². The molecule has 0 aromatic heterocycles. The molecule has 0 fully saturated rings. The standard InChI is InChI=1S/C12H15N.C2H6/c1-9-12(2,3)10-7-5-6-8-11(10)13(9)4;1-2/h5-8H,1H2,2-4H3;1-2H3. The van der Waals surface area contributed by atoms with Crippen LogP contribution in [-0.4, -0.2) is 7.05 Å². The summed E-state index contributed by atoms with van der Waals surface area (Å²) in [6, 6.07) is 8.50. The Morgan fingerprint density at radius 2 is 1.67 bits per heavy atom. The van der Waals surface area contributed by atoms with Gasteiger partial charge < -0.3 is 4.90 Å². The van der Waals surface area contributed by atoms with Crippen molar-refractivity contribution in [2.75, 3.05) is 11.9 Å². The van der Waals surface area contributed by atoms with Crippen LogP contribution in [0.3, 0.4) is 0 Å². The molecule has 1 heterocycles. The van der Waals surface area contributed by atoms with Crippen molar-refractivity contribution in [2.45, 2.75) is 33.1 Å². The van der Waals surface area contributed by atoms with Crippen molar-refractivity contribution in [1.29, 1.82) is 0 Å². The molecular formula is C14H21N. The summed E-state index contributed by atoms with van der Waals surface area (Å²) in [7, 11) is 2.08. The predicted octanol–water partition coefficient (Wildman–Crippen LogP) is 3.95. The van der Waals surface area contributed by atoms with E-state index in [0.717, 1.165) is 0 Å².